The van der Waals surface area contributed by atoms with Crippen molar-refractivity contribution in [2.75, 3.05) is 5.01 Å². The van der Waals surface area contributed by atoms with E-state index in [-0.39, 0.29) is 11.8 Å². The monoisotopic (exact) mass is 335 g/mol. The molecule has 0 aliphatic carbocycles. The number of aromatic nitrogens is 4. The minimum absolute atomic E-state index is 0.175. The Bertz CT molecular complexity index is 924. The molecule has 9 nitrogen and oxygen atoms in total. The van der Waals surface area contributed by atoms with E-state index in [2.05, 4.69) is 30.5 Å². The number of nitrogens with zero attached hydrogens (tertiary/aromatic N) is 6. The van der Waals surface area contributed by atoms with Crippen LogP contribution in [0.3, 0.4) is 0 Å². The molecule has 3 heterocycles. The van der Waals surface area contributed by atoms with E-state index in [0.717, 1.165) is 0 Å². The van der Waals surface area contributed by atoms with Crippen molar-refractivity contribution in [1.29, 1.82) is 0 Å². The summed E-state index contributed by atoms with van der Waals surface area (Å²) >= 11 is 0. The molecule has 1 amide bonds. The molecule has 0 radical (unpaired) electrons. The molecule has 25 heavy (non-hydrogen) atoms. The number of amidine groups is 1. The summed E-state index contributed by atoms with van der Waals surface area (Å²) in [4.78, 5) is 28.9. The molecule has 4 rings (SSSR count). The fourth-order valence-corrected chi connectivity index (χ4v) is 2.34. The van der Waals surface area contributed by atoms with Gasteiger partial charge in [0.2, 0.25) is 11.7 Å². The van der Waals surface area contributed by atoms with Crippen molar-refractivity contribution in [2.24, 2.45) is 4.99 Å². The number of anilines is 1. The molecule has 2 aromatic heterocycles. The quantitative estimate of drug-likeness (QED) is 0.766. The summed E-state index contributed by atoms with van der Waals surface area (Å²) in [7, 11) is 0. The molecule has 0 saturated carbocycles. The first-order chi connectivity index (χ1) is 12.2. The minimum atomic E-state index is -0.578. The molecule has 1 unspecified atom stereocenters. The predicted molar refractivity (Wildman–Crippen MR) is 88.4 cm³/mol. The van der Waals surface area contributed by atoms with E-state index in [0.29, 0.717) is 23.0 Å². The van der Waals surface area contributed by atoms with Gasteiger partial charge in [0.25, 0.3) is 11.8 Å². The molecular formula is C16H13N7O2. The van der Waals surface area contributed by atoms with Gasteiger partial charge in [-0.3, -0.25) is 10.2 Å². The molecule has 1 atom stereocenters. The van der Waals surface area contributed by atoms with Crippen LogP contribution in [0.1, 0.15) is 12.8 Å². The zero-order valence-corrected chi connectivity index (χ0v) is 13.2. The lowest BCUT2D eigenvalue weighted by Gasteiger charge is -2.29. The van der Waals surface area contributed by atoms with Crippen molar-refractivity contribution in [1.82, 2.24) is 25.5 Å². The Kier molecular flexibility index (Phi) is 3.65. The number of aliphatic imine (C=N–C) groups is 1. The van der Waals surface area contributed by atoms with Gasteiger partial charge in [-0.25, -0.2) is 20.0 Å². The van der Waals surface area contributed by atoms with Crippen LogP contribution < -0.4 is 10.4 Å². The number of rotatable bonds is 3. The van der Waals surface area contributed by atoms with Gasteiger partial charge in [0, 0.05) is 6.20 Å². The molecule has 1 aromatic carbocycles. The number of hydrogen-bond acceptors (Lipinski definition) is 8. The highest BCUT2D eigenvalue weighted by atomic mass is 16.5. The Morgan fingerprint density at radius 2 is 2.04 bits per heavy atom. The molecule has 0 saturated heterocycles. The largest absolute Gasteiger partial charge is 0.330 e. The van der Waals surface area contributed by atoms with Gasteiger partial charge in [0.05, 0.1) is 5.69 Å². The van der Waals surface area contributed by atoms with Crippen LogP contribution in [-0.2, 0) is 4.79 Å². The summed E-state index contributed by atoms with van der Waals surface area (Å²) in [6.45, 7) is 1.71. The van der Waals surface area contributed by atoms with Crippen molar-refractivity contribution < 1.29 is 9.32 Å². The van der Waals surface area contributed by atoms with Crippen LogP contribution in [0.2, 0.25) is 0 Å². The van der Waals surface area contributed by atoms with Crippen molar-refractivity contribution in [3.63, 3.8) is 0 Å². The van der Waals surface area contributed by atoms with Crippen LogP contribution in [0, 0.1) is 0 Å². The van der Waals surface area contributed by atoms with E-state index in [4.69, 9.17) is 4.52 Å². The molecule has 9 heteroatoms. The average molecular weight is 335 g/mol. The maximum Gasteiger partial charge on any atom is 0.295 e. The van der Waals surface area contributed by atoms with E-state index in [1.807, 2.05) is 30.3 Å². The van der Waals surface area contributed by atoms with Gasteiger partial charge in [-0.2, -0.15) is 4.98 Å². The van der Waals surface area contributed by atoms with Gasteiger partial charge >= 0.3 is 0 Å². The number of hydrazine groups is 1. The highest BCUT2D eigenvalue weighted by molar-refractivity contribution is 6.08. The van der Waals surface area contributed by atoms with Gasteiger partial charge < -0.3 is 4.52 Å². The van der Waals surface area contributed by atoms with Crippen LogP contribution in [0.5, 0.6) is 0 Å². The summed E-state index contributed by atoms with van der Waals surface area (Å²) in [6, 6.07) is 10.3. The molecule has 3 aromatic rings. The Hall–Kier alpha value is -3.62. The first-order valence-electron chi connectivity index (χ1n) is 7.56. The van der Waals surface area contributed by atoms with E-state index < -0.39 is 6.04 Å². The van der Waals surface area contributed by atoms with Crippen LogP contribution in [0.4, 0.5) is 5.69 Å². The summed E-state index contributed by atoms with van der Waals surface area (Å²) in [5, 5.41) is 5.32. The zero-order valence-electron chi connectivity index (χ0n) is 13.2. The predicted octanol–water partition coefficient (Wildman–Crippen LogP) is 1.21. The van der Waals surface area contributed by atoms with Crippen molar-refractivity contribution >= 4 is 17.4 Å². The number of para-hydroxylation sites is 1. The normalized spacial score (nSPS) is 17.2. The first-order valence-corrected chi connectivity index (χ1v) is 7.56. The van der Waals surface area contributed by atoms with E-state index >= 15 is 0 Å². The lowest BCUT2D eigenvalue weighted by molar-refractivity contribution is -0.120. The molecule has 0 fully saturated rings. The second-order valence-electron chi connectivity index (χ2n) is 5.29. The molecule has 0 spiro atoms. The molecule has 1 aliphatic heterocycles. The van der Waals surface area contributed by atoms with E-state index in [9.17, 15) is 4.79 Å². The third kappa shape index (κ3) is 2.82. The fraction of sp³-hybridized carbons (Fsp3) is 0.125. The fourth-order valence-electron chi connectivity index (χ4n) is 2.34. The molecule has 1 aliphatic rings. The lowest BCUT2D eigenvalue weighted by Crippen LogP contribution is -2.54. The highest BCUT2D eigenvalue weighted by Gasteiger charge is 2.30. The second-order valence-corrected chi connectivity index (χ2v) is 5.29. The Morgan fingerprint density at radius 3 is 2.80 bits per heavy atom. The summed E-state index contributed by atoms with van der Waals surface area (Å²) in [5.41, 5.74) is 4.17. The number of amides is 1. The molecule has 124 valence electrons. The van der Waals surface area contributed by atoms with Gasteiger partial charge in [0.1, 0.15) is 18.1 Å². The van der Waals surface area contributed by atoms with Gasteiger partial charge in [-0.1, -0.05) is 23.4 Å². The Labute approximate surface area is 142 Å². The molecular weight excluding hydrogens is 322 g/mol. The van der Waals surface area contributed by atoms with E-state index in [1.165, 1.54) is 11.3 Å². The average Bonchev–Trinajstić information content (AvgIpc) is 3.15. The van der Waals surface area contributed by atoms with E-state index in [1.54, 1.807) is 19.2 Å². The summed E-state index contributed by atoms with van der Waals surface area (Å²) in [6.07, 6.45) is 2.99. The maximum absolute atomic E-state index is 12.4. The third-order valence-electron chi connectivity index (χ3n) is 3.57. The standard InChI is InChI=1S/C16H13N7O2/c1-10-16(24)23(11-5-3-2-4-6-11)21-14(19-10)15-20-13(22-25-15)12-7-8-17-9-18-12/h2-10H,1H3,(H,19,21). The maximum atomic E-state index is 12.4. The summed E-state index contributed by atoms with van der Waals surface area (Å²) in [5.74, 6) is 0.640. The Morgan fingerprint density at radius 1 is 1.20 bits per heavy atom. The highest BCUT2D eigenvalue weighted by Crippen LogP contribution is 2.18. The number of carbonyl (C=O) groups is 1. The van der Waals surface area contributed by atoms with Crippen molar-refractivity contribution in [3.05, 3.63) is 54.8 Å². The number of benzene rings is 1. The molecule has 1 N–H and O–H groups in total. The van der Waals surface area contributed by atoms with Gasteiger partial charge in [0.15, 0.2) is 0 Å². The van der Waals surface area contributed by atoms with Crippen molar-refractivity contribution in [2.45, 2.75) is 13.0 Å². The first kappa shape index (κ1) is 14.9. The van der Waals surface area contributed by atoms with Crippen LogP contribution in [0.15, 0.2) is 58.4 Å². The summed E-state index contributed by atoms with van der Waals surface area (Å²) < 4.78 is 5.27. The smallest absolute Gasteiger partial charge is 0.295 e. The minimum Gasteiger partial charge on any atom is -0.330 e. The molecule has 0 bridgehead atoms. The number of carbonyl (C=O) groups excluding carboxylic acids is 1. The van der Waals surface area contributed by atoms with Crippen LogP contribution in [0.25, 0.3) is 11.5 Å². The van der Waals surface area contributed by atoms with Crippen molar-refractivity contribution in [3.8, 4) is 11.5 Å². The van der Waals surface area contributed by atoms with Crippen LogP contribution in [-0.4, -0.2) is 37.9 Å². The lowest BCUT2D eigenvalue weighted by atomic mass is 10.2. The SMILES string of the molecule is CC1N=C(c2nc(-c3ccncn3)no2)NN(c2ccccc2)C1=O. The number of nitrogens with one attached hydrogen (secondary N) is 1. The van der Waals surface area contributed by atoms with Gasteiger partial charge in [-0.15, -0.1) is 0 Å². The van der Waals surface area contributed by atoms with Gasteiger partial charge in [-0.05, 0) is 25.1 Å². The Balaban J connectivity index is 1.65. The zero-order chi connectivity index (χ0) is 17.2. The second kappa shape index (κ2) is 6.11. The van der Waals surface area contributed by atoms with Crippen LogP contribution >= 0.6 is 0 Å². The topological polar surface area (TPSA) is 109 Å². The number of hydrogen-bond donors (Lipinski definition) is 1. The third-order valence-corrected chi connectivity index (χ3v) is 3.57.